The molecule has 24 heavy (non-hydrogen) atoms. The predicted molar refractivity (Wildman–Crippen MR) is 90.7 cm³/mol. The number of rotatable bonds is 1. The summed E-state index contributed by atoms with van der Waals surface area (Å²) in [5.74, 6) is 0.866. The van der Waals surface area contributed by atoms with Crippen molar-refractivity contribution in [2.24, 2.45) is 0 Å². The maximum Gasteiger partial charge on any atom is 0.410 e. The molecule has 2 unspecified atom stereocenters. The predicted octanol–water partition coefficient (Wildman–Crippen LogP) is 2.93. The first-order valence-corrected chi connectivity index (χ1v) is 8.50. The van der Waals surface area contributed by atoms with Gasteiger partial charge in [-0.05, 0) is 52.2 Å². The van der Waals surface area contributed by atoms with Crippen LogP contribution in [0.5, 0.6) is 0 Å². The third kappa shape index (κ3) is 3.45. The van der Waals surface area contributed by atoms with Crippen LogP contribution in [-0.2, 0) is 4.74 Å². The first-order chi connectivity index (χ1) is 11.4. The van der Waals surface area contributed by atoms with Gasteiger partial charge in [0.1, 0.15) is 17.5 Å². The van der Waals surface area contributed by atoms with Crippen molar-refractivity contribution in [3.63, 3.8) is 0 Å². The average molecular weight is 328 g/mol. The monoisotopic (exact) mass is 328 g/mol. The number of amides is 1. The molecule has 3 rings (SSSR count). The van der Waals surface area contributed by atoms with E-state index in [1.165, 1.54) is 0 Å². The average Bonchev–Trinajstić information content (AvgIpc) is 2.80. The first kappa shape index (κ1) is 16.6. The number of carbonyl (C=O) groups excluding carboxylic acids is 1. The Kier molecular flexibility index (Phi) is 4.35. The summed E-state index contributed by atoms with van der Waals surface area (Å²) in [6.45, 7) is 7.32. The van der Waals surface area contributed by atoms with E-state index in [0.29, 0.717) is 5.56 Å². The summed E-state index contributed by atoms with van der Waals surface area (Å²) in [7, 11) is 0. The van der Waals surface area contributed by atoms with Gasteiger partial charge in [-0.25, -0.2) is 9.78 Å². The molecule has 6 heteroatoms. The third-order valence-electron chi connectivity index (χ3n) is 4.59. The minimum atomic E-state index is -0.475. The van der Waals surface area contributed by atoms with Gasteiger partial charge in [0.2, 0.25) is 0 Å². The molecular formula is C18H24N4O2. The molecule has 2 aliphatic heterocycles. The van der Waals surface area contributed by atoms with E-state index in [-0.39, 0.29) is 18.2 Å². The molecule has 3 heterocycles. The molecule has 6 nitrogen and oxygen atoms in total. The fourth-order valence-electron chi connectivity index (χ4n) is 3.53. The lowest BCUT2D eigenvalue weighted by atomic mass is 10.1. The van der Waals surface area contributed by atoms with Crippen molar-refractivity contribution in [2.75, 3.05) is 18.0 Å². The molecule has 2 fully saturated rings. The molecule has 2 atom stereocenters. The Labute approximate surface area is 143 Å². The van der Waals surface area contributed by atoms with Crippen LogP contribution >= 0.6 is 0 Å². The van der Waals surface area contributed by atoms with Crippen LogP contribution in [0.2, 0.25) is 0 Å². The second kappa shape index (κ2) is 6.31. The van der Waals surface area contributed by atoms with Crippen molar-refractivity contribution in [1.82, 2.24) is 9.88 Å². The van der Waals surface area contributed by atoms with Crippen molar-refractivity contribution in [2.45, 2.75) is 57.7 Å². The number of anilines is 1. The zero-order valence-corrected chi connectivity index (χ0v) is 14.5. The van der Waals surface area contributed by atoms with Gasteiger partial charge in [0.05, 0.1) is 11.6 Å². The number of fused-ring (bicyclic) bond motifs is 2. The van der Waals surface area contributed by atoms with Crippen molar-refractivity contribution in [1.29, 1.82) is 5.26 Å². The molecular weight excluding hydrogens is 304 g/mol. The van der Waals surface area contributed by atoms with Crippen LogP contribution in [0, 0.1) is 11.3 Å². The van der Waals surface area contributed by atoms with Crippen LogP contribution in [0.1, 0.15) is 45.6 Å². The lowest BCUT2D eigenvalue weighted by Gasteiger charge is -2.31. The van der Waals surface area contributed by atoms with Gasteiger partial charge in [-0.15, -0.1) is 0 Å². The second-order valence-corrected chi connectivity index (χ2v) is 7.52. The first-order valence-electron chi connectivity index (χ1n) is 8.50. The van der Waals surface area contributed by atoms with Crippen LogP contribution in [0.25, 0.3) is 0 Å². The van der Waals surface area contributed by atoms with Crippen molar-refractivity contribution < 1.29 is 9.53 Å². The summed E-state index contributed by atoms with van der Waals surface area (Å²) >= 11 is 0. The van der Waals surface area contributed by atoms with E-state index in [0.717, 1.165) is 38.2 Å². The van der Waals surface area contributed by atoms with Crippen LogP contribution in [-0.4, -0.2) is 46.8 Å². The highest BCUT2D eigenvalue weighted by Crippen LogP contribution is 2.33. The van der Waals surface area contributed by atoms with E-state index in [1.807, 2.05) is 31.7 Å². The number of hydrogen-bond donors (Lipinski definition) is 0. The Bertz CT molecular complexity index is 644. The minimum Gasteiger partial charge on any atom is -0.444 e. The van der Waals surface area contributed by atoms with E-state index in [2.05, 4.69) is 16.0 Å². The highest BCUT2D eigenvalue weighted by molar-refractivity contribution is 5.70. The van der Waals surface area contributed by atoms with Gasteiger partial charge in [-0.3, -0.25) is 0 Å². The number of carbonyl (C=O) groups is 1. The highest BCUT2D eigenvalue weighted by Gasteiger charge is 2.42. The number of ether oxygens (including phenoxy) is 1. The van der Waals surface area contributed by atoms with Crippen LogP contribution < -0.4 is 4.90 Å². The van der Waals surface area contributed by atoms with E-state index < -0.39 is 5.60 Å². The maximum absolute atomic E-state index is 12.6. The van der Waals surface area contributed by atoms with Crippen molar-refractivity contribution >= 4 is 11.9 Å². The standard InChI is InChI=1S/C18H24N4O2/c1-18(2,3)24-17(23)22-14-5-6-15(22)12-21(9-8-14)16-7-4-13(10-19)11-20-16/h4,7,11,14-15H,5-6,8-9,12H2,1-3H3. The van der Waals surface area contributed by atoms with E-state index in [4.69, 9.17) is 10.00 Å². The van der Waals surface area contributed by atoms with Gasteiger partial charge in [-0.2, -0.15) is 5.26 Å². The summed E-state index contributed by atoms with van der Waals surface area (Å²) in [5, 5.41) is 8.90. The molecule has 2 bridgehead atoms. The molecule has 0 radical (unpaired) electrons. The van der Waals surface area contributed by atoms with E-state index >= 15 is 0 Å². The van der Waals surface area contributed by atoms with Crippen LogP contribution in [0.3, 0.4) is 0 Å². The molecule has 2 aliphatic rings. The maximum atomic E-state index is 12.6. The topological polar surface area (TPSA) is 69.5 Å². The molecule has 1 aromatic heterocycles. The molecule has 2 saturated heterocycles. The van der Waals surface area contributed by atoms with Gasteiger partial charge in [0.15, 0.2) is 0 Å². The van der Waals surface area contributed by atoms with Crippen LogP contribution in [0.4, 0.5) is 10.6 Å². The molecule has 0 N–H and O–H groups in total. The third-order valence-corrected chi connectivity index (χ3v) is 4.59. The molecule has 1 aromatic rings. The fourth-order valence-corrected chi connectivity index (χ4v) is 3.53. The smallest absolute Gasteiger partial charge is 0.410 e. The molecule has 0 aliphatic carbocycles. The van der Waals surface area contributed by atoms with Gasteiger partial charge in [-0.1, -0.05) is 0 Å². The molecule has 1 amide bonds. The highest BCUT2D eigenvalue weighted by atomic mass is 16.6. The molecule has 0 saturated carbocycles. The molecule has 128 valence electrons. The van der Waals surface area contributed by atoms with Crippen molar-refractivity contribution in [3.05, 3.63) is 23.9 Å². The quantitative estimate of drug-likeness (QED) is 0.793. The second-order valence-electron chi connectivity index (χ2n) is 7.52. The molecule has 0 aromatic carbocycles. The van der Waals surface area contributed by atoms with Crippen LogP contribution in [0.15, 0.2) is 18.3 Å². The van der Waals surface area contributed by atoms with Gasteiger partial charge >= 0.3 is 6.09 Å². The Hall–Kier alpha value is -2.29. The number of nitrogens with zero attached hydrogens (tertiary/aromatic N) is 4. The van der Waals surface area contributed by atoms with Gasteiger partial charge < -0.3 is 14.5 Å². The summed E-state index contributed by atoms with van der Waals surface area (Å²) in [6.07, 6.45) is 4.35. The van der Waals surface area contributed by atoms with Crippen molar-refractivity contribution in [3.8, 4) is 6.07 Å². The largest absolute Gasteiger partial charge is 0.444 e. The summed E-state index contributed by atoms with van der Waals surface area (Å²) in [6, 6.07) is 6.16. The van der Waals surface area contributed by atoms with E-state index in [9.17, 15) is 4.79 Å². The SMILES string of the molecule is CC(C)(C)OC(=O)N1C2CCC1CN(c1ccc(C#N)cn1)CC2. The number of nitriles is 1. The van der Waals surface area contributed by atoms with Gasteiger partial charge in [0, 0.05) is 25.3 Å². The van der Waals surface area contributed by atoms with Gasteiger partial charge in [0.25, 0.3) is 0 Å². The van der Waals surface area contributed by atoms with E-state index in [1.54, 1.807) is 12.3 Å². The molecule has 0 spiro atoms. The summed E-state index contributed by atoms with van der Waals surface area (Å²) in [4.78, 5) is 21.1. The summed E-state index contributed by atoms with van der Waals surface area (Å²) in [5.41, 5.74) is 0.0856. The lowest BCUT2D eigenvalue weighted by molar-refractivity contribution is 0.0163. The fraction of sp³-hybridized carbons (Fsp3) is 0.611. The Morgan fingerprint density at radius 2 is 2.04 bits per heavy atom. The number of pyridine rings is 1. The Balaban J connectivity index is 1.74. The zero-order valence-electron chi connectivity index (χ0n) is 14.5. The lowest BCUT2D eigenvalue weighted by Crippen LogP contribution is -2.45. The summed E-state index contributed by atoms with van der Waals surface area (Å²) < 4.78 is 5.60. The minimum absolute atomic E-state index is 0.157. The zero-order chi connectivity index (χ0) is 17.3. The Morgan fingerprint density at radius 1 is 1.29 bits per heavy atom. The normalized spacial score (nSPS) is 23.6. The number of hydrogen-bond acceptors (Lipinski definition) is 5. The Morgan fingerprint density at radius 3 is 2.67 bits per heavy atom. The number of aromatic nitrogens is 1.